The van der Waals surface area contributed by atoms with E-state index in [0.29, 0.717) is 0 Å². The van der Waals surface area contributed by atoms with E-state index in [9.17, 15) is 4.79 Å². The molecule has 0 saturated heterocycles. The SMILES string of the molecule is C=CCOC(N)=O.CN(C)c1ccccc1. The third-order valence-corrected chi connectivity index (χ3v) is 1.62. The van der Waals surface area contributed by atoms with E-state index in [2.05, 4.69) is 34.1 Å². The summed E-state index contributed by atoms with van der Waals surface area (Å²) in [5.41, 5.74) is 5.82. The van der Waals surface area contributed by atoms with E-state index >= 15 is 0 Å². The Morgan fingerprint density at radius 3 is 2.25 bits per heavy atom. The molecule has 0 atom stereocenters. The average molecular weight is 222 g/mol. The van der Waals surface area contributed by atoms with Crippen LogP contribution in [-0.4, -0.2) is 26.8 Å². The van der Waals surface area contributed by atoms with Gasteiger partial charge in [-0.3, -0.25) is 0 Å². The van der Waals surface area contributed by atoms with Gasteiger partial charge in [-0.15, -0.1) is 0 Å². The molecule has 1 aromatic carbocycles. The number of rotatable bonds is 3. The van der Waals surface area contributed by atoms with Crippen LogP contribution in [0.15, 0.2) is 43.0 Å². The maximum Gasteiger partial charge on any atom is 0.404 e. The molecule has 4 nitrogen and oxygen atoms in total. The maximum atomic E-state index is 9.71. The van der Waals surface area contributed by atoms with Crippen LogP contribution in [0.1, 0.15) is 0 Å². The number of nitrogens with zero attached hydrogens (tertiary/aromatic N) is 1. The first-order valence-corrected chi connectivity index (χ1v) is 4.83. The minimum atomic E-state index is -0.764. The molecule has 2 N–H and O–H groups in total. The van der Waals surface area contributed by atoms with Gasteiger partial charge in [-0.2, -0.15) is 0 Å². The molecular weight excluding hydrogens is 204 g/mol. The molecule has 0 radical (unpaired) electrons. The molecule has 0 fully saturated rings. The summed E-state index contributed by atoms with van der Waals surface area (Å²) in [5.74, 6) is 0. The van der Waals surface area contributed by atoms with Gasteiger partial charge in [0.1, 0.15) is 6.61 Å². The lowest BCUT2D eigenvalue weighted by molar-refractivity contribution is 0.169. The minimum absolute atomic E-state index is 0.190. The van der Waals surface area contributed by atoms with Gasteiger partial charge in [-0.1, -0.05) is 30.9 Å². The second-order valence-electron chi connectivity index (χ2n) is 3.15. The monoisotopic (exact) mass is 222 g/mol. The van der Waals surface area contributed by atoms with Crippen molar-refractivity contribution < 1.29 is 9.53 Å². The van der Waals surface area contributed by atoms with Gasteiger partial charge >= 0.3 is 6.09 Å². The van der Waals surface area contributed by atoms with Crippen LogP contribution in [-0.2, 0) is 4.74 Å². The first-order chi connectivity index (χ1) is 7.57. The number of amides is 1. The topological polar surface area (TPSA) is 55.6 Å². The average Bonchev–Trinajstić information content (AvgIpc) is 2.28. The molecule has 16 heavy (non-hydrogen) atoms. The third-order valence-electron chi connectivity index (χ3n) is 1.62. The van der Waals surface area contributed by atoms with Gasteiger partial charge in [0.15, 0.2) is 0 Å². The lowest BCUT2D eigenvalue weighted by Gasteiger charge is -2.10. The Balaban J connectivity index is 0.000000293. The fraction of sp³-hybridized carbons (Fsp3) is 0.250. The van der Waals surface area contributed by atoms with Crippen LogP contribution in [0, 0.1) is 0 Å². The zero-order valence-corrected chi connectivity index (χ0v) is 9.72. The van der Waals surface area contributed by atoms with Crippen LogP contribution >= 0.6 is 0 Å². The van der Waals surface area contributed by atoms with Gasteiger partial charge < -0.3 is 15.4 Å². The zero-order chi connectivity index (χ0) is 12.4. The number of carbonyl (C=O) groups is 1. The highest BCUT2D eigenvalue weighted by molar-refractivity contribution is 5.64. The largest absolute Gasteiger partial charge is 0.445 e. The summed E-state index contributed by atoms with van der Waals surface area (Å²) in [6.45, 7) is 3.49. The van der Waals surface area contributed by atoms with Gasteiger partial charge in [0.05, 0.1) is 0 Å². The summed E-state index contributed by atoms with van der Waals surface area (Å²) in [6, 6.07) is 10.3. The highest BCUT2D eigenvalue weighted by atomic mass is 16.5. The standard InChI is InChI=1S/C8H11N.C4H7NO2/c1-9(2)8-6-4-3-5-7-8;1-2-3-7-4(5)6/h3-7H,1-2H3;2H,1,3H2,(H2,5,6). The summed E-state index contributed by atoms with van der Waals surface area (Å²) in [7, 11) is 4.07. The minimum Gasteiger partial charge on any atom is -0.445 e. The number of hydrogen-bond donors (Lipinski definition) is 1. The summed E-state index contributed by atoms with van der Waals surface area (Å²) in [4.78, 5) is 11.8. The van der Waals surface area contributed by atoms with E-state index in [-0.39, 0.29) is 6.61 Å². The van der Waals surface area contributed by atoms with E-state index in [1.165, 1.54) is 11.8 Å². The second kappa shape index (κ2) is 8.35. The molecule has 0 heterocycles. The number of benzene rings is 1. The van der Waals surface area contributed by atoms with Crippen molar-refractivity contribution >= 4 is 11.8 Å². The van der Waals surface area contributed by atoms with Crippen LogP contribution in [0.2, 0.25) is 0 Å². The lowest BCUT2D eigenvalue weighted by atomic mass is 10.3. The number of para-hydroxylation sites is 1. The summed E-state index contributed by atoms with van der Waals surface area (Å²) in [5, 5.41) is 0. The molecule has 1 aromatic rings. The fourth-order valence-corrected chi connectivity index (χ4v) is 0.867. The first kappa shape index (κ1) is 14.0. The van der Waals surface area contributed by atoms with E-state index < -0.39 is 6.09 Å². The Morgan fingerprint density at radius 1 is 1.44 bits per heavy atom. The molecule has 0 aromatic heterocycles. The smallest absolute Gasteiger partial charge is 0.404 e. The molecule has 88 valence electrons. The number of hydrogen-bond acceptors (Lipinski definition) is 3. The van der Waals surface area contributed by atoms with Crippen molar-refractivity contribution in [2.75, 3.05) is 25.6 Å². The Hall–Kier alpha value is -1.97. The quantitative estimate of drug-likeness (QED) is 0.796. The molecular formula is C12H18N2O2. The first-order valence-electron chi connectivity index (χ1n) is 4.83. The second-order valence-corrected chi connectivity index (χ2v) is 3.15. The van der Waals surface area contributed by atoms with Crippen LogP contribution in [0.5, 0.6) is 0 Å². The third kappa shape index (κ3) is 7.44. The van der Waals surface area contributed by atoms with E-state index in [1.807, 2.05) is 32.3 Å². The normalized spacial score (nSPS) is 8.38. The lowest BCUT2D eigenvalue weighted by Crippen LogP contribution is -2.12. The van der Waals surface area contributed by atoms with Gasteiger partial charge in [0.25, 0.3) is 0 Å². The Bertz CT molecular complexity index is 310. The Morgan fingerprint density at radius 2 is 2.00 bits per heavy atom. The molecule has 0 spiro atoms. The number of ether oxygens (including phenoxy) is 1. The van der Waals surface area contributed by atoms with Crippen molar-refractivity contribution in [1.29, 1.82) is 0 Å². The van der Waals surface area contributed by atoms with Crippen LogP contribution in [0.3, 0.4) is 0 Å². The molecule has 1 amide bonds. The summed E-state index contributed by atoms with van der Waals surface area (Å²) < 4.78 is 4.21. The molecule has 1 rings (SSSR count). The van der Waals surface area contributed by atoms with E-state index in [0.717, 1.165) is 0 Å². The molecule has 0 bridgehead atoms. The van der Waals surface area contributed by atoms with Crippen molar-refractivity contribution in [3.8, 4) is 0 Å². The van der Waals surface area contributed by atoms with Crippen LogP contribution in [0.4, 0.5) is 10.5 Å². The Labute approximate surface area is 96.3 Å². The fourth-order valence-electron chi connectivity index (χ4n) is 0.867. The van der Waals surface area contributed by atoms with Crippen molar-refractivity contribution in [2.45, 2.75) is 0 Å². The zero-order valence-electron chi connectivity index (χ0n) is 9.72. The molecule has 0 aliphatic carbocycles. The molecule has 0 aliphatic heterocycles. The number of primary amides is 1. The van der Waals surface area contributed by atoms with Gasteiger partial charge in [-0.25, -0.2) is 4.79 Å². The molecule has 4 heteroatoms. The summed E-state index contributed by atoms with van der Waals surface area (Å²) in [6.07, 6.45) is 0.685. The predicted octanol–water partition coefficient (Wildman–Crippen LogP) is 2.02. The van der Waals surface area contributed by atoms with Gasteiger partial charge in [0.2, 0.25) is 0 Å². The van der Waals surface area contributed by atoms with Gasteiger partial charge in [0, 0.05) is 19.8 Å². The number of carbonyl (C=O) groups excluding carboxylic acids is 1. The Kier molecular flexibility index (Phi) is 7.32. The van der Waals surface area contributed by atoms with Gasteiger partial charge in [-0.05, 0) is 12.1 Å². The van der Waals surface area contributed by atoms with Crippen LogP contribution < -0.4 is 10.6 Å². The predicted molar refractivity (Wildman–Crippen MR) is 66.5 cm³/mol. The van der Waals surface area contributed by atoms with Crippen molar-refractivity contribution in [1.82, 2.24) is 0 Å². The molecule has 0 saturated carbocycles. The number of anilines is 1. The maximum absolute atomic E-state index is 9.71. The van der Waals surface area contributed by atoms with E-state index in [4.69, 9.17) is 0 Å². The van der Waals surface area contributed by atoms with E-state index in [1.54, 1.807) is 0 Å². The van der Waals surface area contributed by atoms with Crippen molar-refractivity contribution in [2.24, 2.45) is 5.73 Å². The number of nitrogens with two attached hydrogens (primary N) is 1. The van der Waals surface area contributed by atoms with Crippen LogP contribution in [0.25, 0.3) is 0 Å². The van der Waals surface area contributed by atoms with Crippen molar-refractivity contribution in [3.63, 3.8) is 0 Å². The van der Waals surface area contributed by atoms with Crippen molar-refractivity contribution in [3.05, 3.63) is 43.0 Å². The molecule has 0 unspecified atom stereocenters. The molecule has 0 aliphatic rings. The highest BCUT2D eigenvalue weighted by Gasteiger charge is 1.87. The highest BCUT2D eigenvalue weighted by Crippen LogP contribution is 2.07. The summed E-state index contributed by atoms with van der Waals surface area (Å²) >= 11 is 0.